The molecule has 0 atom stereocenters. The van der Waals surface area contributed by atoms with Gasteiger partial charge in [-0.3, -0.25) is 0 Å². The van der Waals surface area contributed by atoms with Gasteiger partial charge < -0.3 is 29.1 Å². The molecular formula is C18H29NSY-2. The van der Waals surface area contributed by atoms with Crippen LogP contribution in [0.25, 0.3) is 0 Å². The number of thioether (sulfide) groups is 1. The third-order valence-corrected chi connectivity index (χ3v) is 4.53. The van der Waals surface area contributed by atoms with Gasteiger partial charge >= 0.3 is 0 Å². The summed E-state index contributed by atoms with van der Waals surface area (Å²) in [6, 6.07) is 0. The third kappa shape index (κ3) is 11.8. The Bertz CT molecular complexity index is 324. The molecule has 0 spiro atoms. The smallest absolute Gasteiger partial charge is 0 e. The molecule has 2 aliphatic carbocycles. The molecule has 0 unspecified atom stereocenters. The van der Waals surface area contributed by atoms with E-state index in [9.17, 15) is 0 Å². The fraction of sp³-hybridized carbons (Fsp3) is 0.667. The fourth-order valence-corrected chi connectivity index (χ4v) is 3.07. The molecular weight excluding hydrogens is 351 g/mol. The number of rotatable bonds is 3. The Morgan fingerprint density at radius 1 is 1.24 bits per heavy atom. The minimum absolute atomic E-state index is 0. The SMILES string of the molecule is CC1(C)CCC[CH-]CCC1.N=[C-]SCC1=CCCC=C1.[Y]. The van der Waals surface area contributed by atoms with E-state index in [0.717, 1.165) is 12.2 Å². The maximum Gasteiger partial charge on any atom is 0 e. The molecule has 1 fully saturated rings. The Morgan fingerprint density at radius 2 is 1.90 bits per heavy atom. The van der Waals surface area contributed by atoms with E-state index in [0.29, 0.717) is 5.41 Å². The van der Waals surface area contributed by atoms with Crippen LogP contribution in [0.3, 0.4) is 0 Å². The standard InChI is InChI=1S/C10H19.C8H10NS.Y/c1-10(2)8-6-4-3-5-7-9-10;9-7-10-6-8-4-2-1-3-5-8;/h3H,4-9H2,1-2H3;2,4-5,9H,1,3,6H2;/q2*-1;. The van der Waals surface area contributed by atoms with E-state index < -0.39 is 0 Å². The van der Waals surface area contributed by atoms with E-state index in [1.807, 2.05) is 0 Å². The summed E-state index contributed by atoms with van der Waals surface area (Å²) in [6.07, 6.45) is 19.7. The van der Waals surface area contributed by atoms with Crippen molar-refractivity contribution in [1.29, 1.82) is 5.41 Å². The zero-order valence-corrected chi connectivity index (χ0v) is 17.3. The van der Waals surface area contributed by atoms with E-state index in [1.165, 1.54) is 62.3 Å². The Morgan fingerprint density at radius 3 is 2.43 bits per heavy atom. The molecule has 0 aromatic carbocycles. The van der Waals surface area contributed by atoms with Gasteiger partial charge in [0, 0.05) is 32.7 Å². The van der Waals surface area contributed by atoms with Crippen molar-refractivity contribution in [3.8, 4) is 0 Å². The van der Waals surface area contributed by atoms with Crippen LogP contribution in [0.15, 0.2) is 23.8 Å². The molecule has 0 aromatic rings. The van der Waals surface area contributed by atoms with Gasteiger partial charge in [0.05, 0.1) is 0 Å². The van der Waals surface area contributed by atoms with Crippen LogP contribution in [0, 0.1) is 17.2 Å². The average Bonchev–Trinajstić information content (AvgIpc) is 2.43. The van der Waals surface area contributed by atoms with Crippen molar-refractivity contribution in [2.24, 2.45) is 5.41 Å². The van der Waals surface area contributed by atoms with E-state index in [2.05, 4.69) is 44.0 Å². The number of hydrogen-bond donors (Lipinski definition) is 1. The molecule has 0 bridgehead atoms. The first kappa shape index (κ1) is 21.6. The monoisotopic (exact) mass is 380 g/mol. The van der Waals surface area contributed by atoms with Gasteiger partial charge in [-0.1, -0.05) is 57.8 Å². The molecule has 21 heavy (non-hydrogen) atoms. The molecule has 0 aromatic heterocycles. The Kier molecular flexibility index (Phi) is 13.5. The second-order valence-corrected chi connectivity index (χ2v) is 7.17. The molecule has 2 rings (SSSR count). The van der Waals surface area contributed by atoms with Crippen molar-refractivity contribution >= 4 is 17.3 Å². The molecule has 1 nitrogen and oxygen atoms in total. The third-order valence-electron chi connectivity index (χ3n) is 3.91. The van der Waals surface area contributed by atoms with Gasteiger partial charge in [-0.05, 0) is 29.6 Å². The Balaban J connectivity index is 0.000000364. The van der Waals surface area contributed by atoms with Crippen molar-refractivity contribution in [1.82, 2.24) is 0 Å². The largest absolute Gasteiger partial charge is 0.508 e. The van der Waals surface area contributed by atoms with E-state index in [-0.39, 0.29) is 32.7 Å². The van der Waals surface area contributed by atoms with Crippen LogP contribution < -0.4 is 0 Å². The number of allylic oxidation sites excluding steroid dienone is 3. The summed E-state index contributed by atoms with van der Waals surface area (Å²) in [5.74, 6) is 0.903. The van der Waals surface area contributed by atoms with Gasteiger partial charge in [0.25, 0.3) is 0 Å². The minimum Gasteiger partial charge on any atom is -0.508 e. The van der Waals surface area contributed by atoms with Crippen LogP contribution >= 0.6 is 11.8 Å². The second kappa shape index (κ2) is 13.1. The normalized spacial score (nSPS) is 20.8. The van der Waals surface area contributed by atoms with E-state index in [1.54, 1.807) is 0 Å². The average molecular weight is 380 g/mol. The zero-order valence-electron chi connectivity index (χ0n) is 13.7. The molecule has 0 aliphatic heterocycles. The van der Waals surface area contributed by atoms with Crippen LogP contribution in [0.2, 0.25) is 0 Å². The molecule has 0 heterocycles. The van der Waals surface area contributed by atoms with Gasteiger partial charge in [-0.15, -0.1) is 0 Å². The molecule has 3 heteroatoms. The maximum atomic E-state index is 6.68. The van der Waals surface area contributed by atoms with Crippen molar-refractivity contribution in [2.75, 3.05) is 5.75 Å². The van der Waals surface area contributed by atoms with Crippen molar-refractivity contribution < 1.29 is 32.7 Å². The summed E-state index contributed by atoms with van der Waals surface area (Å²) in [6.45, 7) is 4.80. The summed E-state index contributed by atoms with van der Waals surface area (Å²) < 4.78 is 0. The van der Waals surface area contributed by atoms with Crippen molar-refractivity contribution in [2.45, 2.75) is 65.2 Å². The minimum atomic E-state index is 0. The first-order chi connectivity index (χ1) is 9.64. The first-order valence-corrected chi connectivity index (χ1v) is 8.83. The predicted molar refractivity (Wildman–Crippen MR) is 92.4 cm³/mol. The Labute approximate surface area is 161 Å². The molecule has 1 radical (unpaired) electrons. The first-order valence-electron chi connectivity index (χ1n) is 7.85. The number of hydrogen-bond acceptors (Lipinski definition) is 2. The molecule has 2 aliphatic rings. The topological polar surface area (TPSA) is 23.9 Å². The molecule has 0 saturated heterocycles. The van der Waals surface area contributed by atoms with E-state index in [4.69, 9.17) is 5.41 Å². The van der Waals surface area contributed by atoms with Crippen molar-refractivity contribution in [3.63, 3.8) is 0 Å². The molecule has 0 amide bonds. The van der Waals surface area contributed by atoms with Gasteiger partial charge in [0.15, 0.2) is 0 Å². The van der Waals surface area contributed by atoms with Gasteiger partial charge in [-0.25, -0.2) is 0 Å². The summed E-state index contributed by atoms with van der Waals surface area (Å²) >= 11 is 1.41. The van der Waals surface area contributed by atoms with Crippen LogP contribution in [0.1, 0.15) is 65.2 Å². The second-order valence-electron chi connectivity index (χ2n) is 6.39. The van der Waals surface area contributed by atoms with Gasteiger partial charge in [0.2, 0.25) is 0 Å². The molecule has 1 saturated carbocycles. The zero-order chi connectivity index (χ0) is 14.7. The fourth-order valence-electron chi connectivity index (χ4n) is 2.61. The van der Waals surface area contributed by atoms with Crippen LogP contribution in [-0.2, 0) is 32.7 Å². The summed E-state index contributed by atoms with van der Waals surface area (Å²) in [5.41, 5.74) is 4.27. The van der Waals surface area contributed by atoms with Crippen LogP contribution in [-0.4, -0.2) is 11.3 Å². The van der Waals surface area contributed by atoms with E-state index >= 15 is 0 Å². The maximum absolute atomic E-state index is 6.68. The van der Waals surface area contributed by atoms with Crippen LogP contribution in [0.4, 0.5) is 0 Å². The quantitative estimate of drug-likeness (QED) is 0.360. The summed E-state index contributed by atoms with van der Waals surface area (Å²) in [5, 5.41) is 6.68. The summed E-state index contributed by atoms with van der Waals surface area (Å²) in [7, 11) is 0. The molecule has 117 valence electrons. The predicted octanol–water partition coefficient (Wildman–Crippen LogP) is 6.05. The van der Waals surface area contributed by atoms with Crippen LogP contribution in [0.5, 0.6) is 0 Å². The molecule has 1 N–H and O–H groups in total. The summed E-state index contributed by atoms with van der Waals surface area (Å²) in [4.78, 5) is 0. The van der Waals surface area contributed by atoms with Gasteiger partial charge in [0.1, 0.15) is 0 Å². The number of nitrogens with one attached hydrogen (secondary N) is 1. The van der Waals surface area contributed by atoms with Crippen molar-refractivity contribution in [3.05, 3.63) is 30.2 Å². The Hall–Kier alpha value is 0.604. The van der Waals surface area contributed by atoms with Gasteiger partial charge in [-0.2, -0.15) is 12.8 Å².